The fourth-order valence-corrected chi connectivity index (χ4v) is 4.43. The molecule has 3 N–H and O–H groups in total. The van der Waals surface area contributed by atoms with Crippen molar-refractivity contribution in [1.29, 1.82) is 10.8 Å². The van der Waals surface area contributed by atoms with E-state index in [4.69, 9.17) is 15.6 Å². The number of rotatable bonds is 6. The van der Waals surface area contributed by atoms with Gasteiger partial charge in [-0.05, 0) is 49.2 Å². The van der Waals surface area contributed by atoms with Crippen LogP contribution >= 0.6 is 0 Å². The summed E-state index contributed by atoms with van der Waals surface area (Å²) in [7, 11) is 0. The van der Waals surface area contributed by atoms with Crippen molar-refractivity contribution in [2.45, 2.75) is 32.8 Å². The number of hydrogen-bond acceptors (Lipinski definition) is 6. The van der Waals surface area contributed by atoms with Gasteiger partial charge in [0, 0.05) is 17.9 Å². The van der Waals surface area contributed by atoms with E-state index in [0.29, 0.717) is 24.7 Å². The van der Waals surface area contributed by atoms with Crippen LogP contribution in [0.2, 0.25) is 0 Å². The molecular formula is C26H25N7O2. The van der Waals surface area contributed by atoms with Crippen LogP contribution in [0, 0.1) is 24.7 Å². The van der Waals surface area contributed by atoms with Crippen LogP contribution in [-0.4, -0.2) is 31.8 Å². The van der Waals surface area contributed by atoms with Crippen molar-refractivity contribution in [3.05, 3.63) is 94.1 Å². The molecular weight excluding hydrogens is 442 g/mol. The van der Waals surface area contributed by atoms with E-state index in [9.17, 15) is 4.79 Å². The molecule has 3 heterocycles. The molecule has 1 atom stereocenters. The first-order valence-corrected chi connectivity index (χ1v) is 11.3. The summed E-state index contributed by atoms with van der Waals surface area (Å²) >= 11 is 0. The zero-order chi connectivity index (χ0) is 24.5. The molecule has 0 bridgehead atoms. The van der Waals surface area contributed by atoms with Crippen molar-refractivity contribution in [3.8, 4) is 11.6 Å². The number of nitrogens with zero attached hydrogens (tertiary/aromatic N) is 4. The third kappa shape index (κ3) is 4.35. The van der Waals surface area contributed by atoms with Gasteiger partial charge in [0.25, 0.3) is 0 Å². The van der Waals surface area contributed by atoms with Crippen molar-refractivity contribution in [2.24, 2.45) is 0 Å². The molecule has 0 saturated heterocycles. The van der Waals surface area contributed by atoms with E-state index in [1.807, 2.05) is 43.3 Å². The summed E-state index contributed by atoms with van der Waals surface area (Å²) in [6, 6.07) is 19.2. The lowest BCUT2D eigenvalue weighted by molar-refractivity contribution is -0.116. The van der Waals surface area contributed by atoms with E-state index >= 15 is 0 Å². The molecule has 0 radical (unpaired) electrons. The van der Waals surface area contributed by atoms with E-state index in [-0.39, 0.29) is 17.3 Å². The molecule has 35 heavy (non-hydrogen) atoms. The van der Waals surface area contributed by atoms with E-state index in [0.717, 1.165) is 39.2 Å². The van der Waals surface area contributed by atoms with Gasteiger partial charge >= 0.3 is 0 Å². The van der Waals surface area contributed by atoms with Gasteiger partial charge < -0.3 is 10.1 Å². The summed E-state index contributed by atoms with van der Waals surface area (Å²) in [4.78, 5) is 12.7. The molecule has 2 aromatic heterocycles. The molecule has 1 amide bonds. The van der Waals surface area contributed by atoms with Crippen LogP contribution in [0.25, 0.3) is 5.82 Å². The molecule has 0 aliphatic carbocycles. The van der Waals surface area contributed by atoms with Crippen molar-refractivity contribution < 1.29 is 9.53 Å². The average Bonchev–Trinajstić information content (AvgIpc) is 3.19. The second-order valence-electron chi connectivity index (χ2n) is 8.57. The Kier molecular flexibility index (Phi) is 5.74. The quantitative estimate of drug-likeness (QED) is 0.296. The normalized spacial score (nSPS) is 14.8. The van der Waals surface area contributed by atoms with Crippen LogP contribution in [0.1, 0.15) is 40.3 Å². The maximum Gasteiger partial charge on any atom is 0.226 e. The summed E-state index contributed by atoms with van der Waals surface area (Å²) in [6.45, 7) is 4.42. The van der Waals surface area contributed by atoms with Gasteiger partial charge in [-0.2, -0.15) is 9.78 Å². The first kappa shape index (κ1) is 22.3. The van der Waals surface area contributed by atoms with Gasteiger partial charge in [-0.25, -0.2) is 4.68 Å². The van der Waals surface area contributed by atoms with E-state index < -0.39 is 0 Å². The third-order valence-electron chi connectivity index (χ3n) is 6.04. The zero-order valence-electron chi connectivity index (χ0n) is 19.4. The summed E-state index contributed by atoms with van der Waals surface area (Å²) in [5.74, 6) is 1.38. The predicted octanol–water partition coefficient (Wildman–Crippen LogP) is 3.67. The lowest BCUT2D eigenvalue weighted by Crippen LogP contribution is -2.26. The molecule has 4 aromatic rings. The maximum atomic E-state index is 12.7. The van der Waals surface area contributed by atoms with Gasteiger partial charge in [-0.3, -0.25) is 15.6 Å². The second kappa shape index (κ2) is 9.02. The Labute approximate surface area is 202 Å². The van der Waals surface area contributed by atoms with Crippen LogP contribution < -0.4 is 15.5 Å². The van der Waals surface area contributed by atoms with Crippen LogP contribution in [0.15, 0.2) is 60.7 Å². The Morgan fingerprint density at radius 3 is 2.74 bits per heavy atom. The molecule has 5 rings (SSSR count). The highest BCUT2D eigenvalue weighted by molar-refractivity contribution is 5.95. The Balaban J connectivity index is 1.49. The zero-order valence-corrected chi connectivity index (χ0v) is 19.4. The highest BCUT2D eigenvalue weighted by Gasteiger charge is 2.33. The molecule has 9 nitrogen and oxygen atoms in total. The van der Waals surface area contributed by atoms with Crippen LogP contribution in [0.3, 0.4) is 0 Å². The molecule has 0 fully saturated rings. The fraction of sp³-hybridized carbons (Fsp3) is 0.192. The standard InChI is InChI=1S/C26H25N7O2/c1-16-5-3-6-18(11-16)14-35-20-8-4-7-19(12-20)21-13-24(34)29-26-25(21)17(2)30-33(26)23-10-9-22(28)32(15-27)31-23/h3-12,15,21,27-28H,13-14H2,1-2H3,(H,29,34). The second-order valence-corrected chi connectivity index (χ2v) is 8.57. The Morgan fingerprint density at radius 1 is 1.11 bits per heavy atom. The number of fused-ring (bicyclic) bond motifs is 1. The molecule has 176 valence electrons. The minimum atomic E-state index is -0.194. The third-order valence-corrected chi connectivity index (χ3v) is 6.04. The highest BCUT2D eigenvalue weighted by Crippen LogP contribution is 2.40. The number of aromatic nitrogens is 4. The van der Waals surface area contributed by atoms with E-state index in [2.05, 4.69) is 34.6 Å². The minimum Gasteiger partial charge on any atom is -0.489 e. The van der Waals surface area contributed by atoms with Gasteiger partial charge in [-0.1, -0.05) is 42.0 Å². The average molecular weight is 468 g/mol. The number of nitrogens with one attached hydrogen (secondary N) is 3. The van der Waals surface area contributed by atoms with Gasteiger partial charge in [-0.15, -0.1) is 5.10 Å². The number of carbonyl (C=O) groups is 1. The first-order chi connectivity index (χ1) is 16.9. The van der Waals surface area contributed by atoms with Gasteiger partial charge in [0.15, 0.2) is 5.82 Å². The lowest BCUT2D eigenvalue weighted by Gasteiger charge is -2.24. The maximum absolute atomic E-state index is 12.7. The Morgan fingerprint density at radius 2 is 1.94 bits per heavy atom. The molecule has 1 aliphatic heterocycles. The lowest BCUT2D eigenvalue weighted by atomic mass is 9.86. The number of hydrogen-bond donors (Lipinski definition) is 3. The number of benzene rings is 2. The van der Waals surface area contributed by atoms with Crippen molar-refractivity contribution in [1.82, 2.24) is 19.6 Å². The van der Waals surface area contributed by atoms with Crippen LogP contribution in [-0.2, 0) is 11.4 Å². The van der Waals surface area contributed by atoms with Gasteiger partial charge in [0.1, 0.15) is 30.0 Å². The van der Waals surface area contributed by atoms with Gasteiger partial charge in [0.05, 0.1) is 5.69 Å². The van der Waals surface area contributed by atoms with E-state index in [1.165, 1.54) is 11.6 Å². The van der Waals surface area contributed by atoms with Crippen LogP contribution in [0.5, 0.6) is 5.75 Å². The Hall–Kier alpha value is -4.53. The van der Waals surface area contributed by atoms with Crippen LogP contribution in [0.4, 0.5) is 5.82 Å². The number of anilines is 1. The predicted molar refractivity (Wildman–Crippen MR) is 131 cm³/mol. The topological polar surface area (TPSA) is 122 Å². The largest absolute Gasteiger partial charge is 0.489 e. The Bertz CT molecular complexity index is 1500. The summed E-state index contributed by atoms with van der Waals surface area (Å²) in [6.07, 6.45) is 1.25. The molecule has 0 saturated carbocycles. The monoisotopic (exact) mass is 467 g/mol. The van der Waals surface area contributed by atoms with E-state index in [1.54, 1.807) is 10.7 Å². The number of aryl methyl sites for hydroxylation is 2. The SMILES string of the molecule is Cc1cccc(COc2cccc(C3CC(=O)Nc4c3c(C)nn4-c3ccc(=N)n(C=N)n3)c2)c1. The number of carbonyl (C=O) groups excluding carboxylic acids is 1. The summed E-state index contributed by atoms with van der Waals surface area (Å²) in [5.41, 5.74) is 5.01. The molecule has 2 aromatic carbocycles. The van der Waals surface area contributed by atoms with Crippen molar-refractivity contribution >= 4 is 18.1 Å². The minimum absolute atomic E-state index is 0.0749. The smallest absolute Gasteiger partial charge is 0.226 e. The summed E-state index contributed by atoms with van der Waals surface area (Å²) in [5, 5.41) is 27.2. The van der Waals surface area contributed by atoms with Crippen molar-refractivity contribution in [3.63, 3.8) is 0 Å². The first-order valence-electron chi connectivity index (χ1n) is 11.3. The summed E-state index contributed by atoms with van der Waals surface area (Å²) < 4.78 is 8.76. The van der Waals surface area contributed by atoms with Gasteiger partial charge in [0.2, 0.25) is 5.91 Å². The number of amides is 1. The highest BCUT2D eigenvalue weighted by atomic mass is 16.5. The molecule has 0 spiro atoms. The fourth-order valence-electron chi connectivity index (χ4n) is 4.43. The number of ether oxygens (including phenoxy) is 1. The molecule has 9 heteroatoms. The molecule has 1 aliphatic rings. The molecule has 1 unspecified atom stereocenters. The van der Waals surface area contributed by atoms with Crippen molar-refractivity contribution in [2.75, 3.05) is 5.32 Å².